The molecular weight excluding hydrogens is 184 g/mol. The molecule has 2 heterocycles. The Morgan fingerprint density at radius 2 is 2.20 bits per heavy atom. The predicted molar refractivity (Wildman–Crippen MR) is 64.4 cm³/mol. The maximum absolute atomic E-state index is 4.52. The molecular formula is C13H20N2. The van der Waals surface area contributed by atoms with E-state index in [1.54, 1.807) is 0 Å². The first kappa shape index (κ1) is 10.5. The molecule has 2 rings (SSSR count). The van der Waals surface area contributed by atoms with Crippen LogP contribution in [0.5, 0.6) is 0 Å². The highest BCUT2D eigenvalue weighted by molar-refractivity contribution is 5.46. The van der Waals surface area contributed by atoms with E-state index in [0.717, 1.165) is 0 Å². The summed E-state index contributed by atoms with van der Waals surface area (Å²) in [5.74, 6) is 0.523. The average Bonchev–Trinajstić information content (AvgIpc) is 2.65. The number of anilines is 1. The van der Waals surface area contributed by atoms with E-state index in [-0.39, 0.29) is 0 Å². The summed E-state index contributed by atoms with van der Waals surface area (Å²) in [6.45, 7) is 7.84. The van der Waals surface area contributed by atoms with Crippen molar-refractivity contribution in [3.8, 4) is 0 Å². The van der Waals surface area contributed by atoms with Gasteiger partial charge in [-0.15, -0.1) is 0 Å². The minimum Gasteiger partial charge on any atom is -0.368 e. The lowest BCUT2D eigenvalue weighted by Gasteiger charge is -2.23. The van der Waals surface area contributed by atoms with Gasteiger partial charge in [0.2, 0.25) is 0 Å². The third-order valence-corrected chi connectivity index (χ3v) is 3.25. The van der Waals surface area contributed by atoms with E-state index in [0.29, 0.717) is 12.0 Å². The van der Waals surface area contributed by atoms with Gasteiger partial charge in [0.15, 0.2) is 0 Å². The quantitative estimate of drug-likeness (QED) is 0.735. The lowest BCUT2D eigenvalue weighted by Crippen LogP contribution is -2.26. The maximum Gasteiger partial charge on any atom is 0.0555 e. The highest BCUT2D eigenvalue weighted by Gasteiger charge is 2.20. The van der Waals surface area contributed by atoms with Gasteiger partial charge in [-0.25, -0.2) is 0 Å². The van der Waals surface area contributed by atoms with Crippen LogP contribution >= 0.6 is 0 Å². The van der Waals surface area contributed by atoms with Gasteiger partial charge in [-0.05, 0) is 37.8 Å². The highest BCUT2D eigenvalue weighted by Crippen LogP contribution is 2.25. The molecule has 1 aliphatic rings. The number of hydrogen-bond acceptors (Lipinski definition) is 2. The van der Waals surface area contributed by atoms with E-state index in [4.69, 9.17) is 0 Å². The molecule has 0 unspecified atom stereocenters. The summed E-state index contributed by atoms with van der Waals surface area (Å²) in [5.41, 5.74) is 2.47. The molecule has 0 aromatic carbocycles. The zero-order valence-electron chi connectivity index (χ0n) is 9.90. The van der Waals surface area contributed by atoms with E-state index in [1.807, 2.05) is 6.20 Å². The molecule has 1 aromatic heterocycles. The molecule has 2 nitrogen and oxygen atoms in total. The second-order valence-electron chi connectivity index (χ2n) is 4.78. The van der Waals surface area contributed by atoms with Crippen molar-refractivity contribution in [2.24, 2.45) is 0 Å². The summed E-state index contributed by atoms with van der Waals surface area (Å²) in [7, 11) is 0. The standard InChI is InChI=1S/C13H20N2/c1-10(2)13-7-6-12(9-14-13)15-8-4-5-11(15)3/h6-7,9-11H,4-5,8H2,1-3H3/t11-/m1/s1. The SMILES string of the molecule is CC(C)c1ccc(N2CCC[C@H]2C)cn1. The number of nitrogens with zero attached hydrogens (tertiary/aromatic N) is 2. The van der Waals surface area contributed by atoms with E-state index in [9.17, 15) is 0 Å². The fourth-order valence-electron chi connectivity index (χ4n) is 2.23. The molecule has 82 valence electrons. The van der Waals surface area contributed by atoms with Crippen LogP contribution in [0.15, 0.2) is 18.3 Å². The molecule has 1 aliphatic heterocycles. The van der Waals surface area contributed by atoms with Crippen LogP contribution in [0.2, 0.25) is 0 Å². The van der Waals surface area contributed by atoms with Crippen LogP contribution in [-0.2, 0) is 0 Å². The second-order valence-corrected chi connectivity index (χ2v) is 4.78. The molecule has 1 aromatic rings. The zero-order valence-corrected chi connectivity index (χ0v) is 9.90. The van der Waals surface area contributed by atoms with Gasteiger partial charge in [0.1, 0.15) is 0 Å². The fourth-order valence-corrected chi connectivity index (χ4v) is 2.23. The Balaban J connectivity index is 2.16. The molecule has 0 saturated carbocycles. The summed E-state index contributed by atoms with van der Waals surface area (Å²) >= 11 is 0. The molecule has 0 spiro atoms. The maximum atomic E-state index is 4.52. The van der Waals surface area contributed by atoms with Gasteiger partial charge >= 0.3 is 0 Å². The molecule has 1 fully saturated rings. The average molecular weight is 204 g/mol. The van der Waals surface area contributed by atoms with Gasteiger partial charge in [-0.1, -0.05) is 13.8 Å². The van der Waals surface area contributed by atoms with Gasteiger partial charge < -0.3 is 4.90 Å². The van der Waals surface area contributed by atoms with E-state index in [1.165, 1.54) is 30.8 Å². The van der Waals surface area contributed by atoms with Crippen molar-refractivity contribution in [3.05, 3.63) is 24.0 Å². The minimum absolute atomic E-state index is 0.523. The van der Waals surface area contributed by atoms with Crippen LogP contribution in [0, 0.1) is 0 Å². The first-order valence-corrected chi connectivity index (χ1v) is 5.91. The Hall–Kier alpha value is -1.05. The Labute approximate surface area is 92.3 Å². The number of pyridine rings is 1. The number of aromatic nitrogens is 1. The largest absolute Gasteiger partial charge is 0.368 e. The smallest absolute Gasteiger partial charge is 0.0555 e. The normalized spacial score (nSPS) is 21.3. The Morgan fingerprint density at radius 1 is 1.40 bits per heavy atom. The molecule has 0 bridgehead atoms. The van der Waals surface area contributed by atoms with E-state index in [2.05, 4.69) is 42.8 Å². The van der Waals surface area contributed by atoms with Gasteiger partial charge in [0.05, 0.1) is 11.9 Å². The predicted octanol–water partition coefficient (Wildman–Crippen LogP) is 3.19. The molecule has 0 amide bonds. The van der Waals surface area contributed by atoms with Gasteiger partial charge in [-0.2, -0.15) is 0 Å². The fraction of sp³-hybridized carbons (Fsp3) is 0.615. The Bertz CT molecular complexity index is 316. The molecule has 2 heteroatoms. The van der Waals surface area contributed by atoms with Crippen LogP contribution in [0.1, 0.15) is 45.2 Å². The minimum atomic E-state index is 0.523. The van der Waals surface area contributed by atoms with Crippen LogP contribution in [0.4, 0.5) is 5.69 Å². The topological polar surface area (TPSA) is 16.1 Å². The Morgan fingerprint density at radius 3 is 2.67 bits per heavy atom. The summed E-state index contributed by atoms with van der Waals surface area (Å²) in [5, 5.41) is 0. The lowest BCUT2D eigenvalue weighted by atomic mass is 10.1. The summed E-state index contributed by atoms with van der Waals surface area (Å²) in [6.07, 6.45) is 4.65. The molecule has 0 aliphatic carbocycles. The van der Waals surface area contributed by atoms with Crippen LogP contribution in [-0.4, -0.2) is 17.6 Å². The van der Waals surface area contributed by atoms with Crippen LogP contribution in [0.25, 0.3) is 0 Å². The van der Waals surface area contributed by atoms with Crippen molar-refractivity contribution >= 4 is 5.69 Å². The van der Waals surface area contributed by atoms with Crippen molar-refractivity contribution < 1.29 is 0 Å². The van der Waals surface area contributed by atoms with E-state index < -0.39 is 0 Å². The van der Waals surface area contributed by atoms with Gasteiger partial charge in [-0.3, -0.25) is 4.98 Å². The van der Waals surface area contributed by atoms with Crippen molar-refractivity contribution in [2.75, 3.05) is 11.4 Å². The third kappa shape index (κ3) is 2.14. The van der Waals surface area contributed by atoms with E-state index >= 15 is 0 Å². The summed E-state index contributed by atoms with van der Waals surface area (Å²) < 4.78 is 0. The van der Waals surface area contributed by atoms with Crippen molar-refractivity contribution in [2.45, 2.75) is 45.6 Å². The second kappa shape index (κ2) is 4.21. The van der Waals surface area contributed by atoms with Crippen molar-refractivity contribution in [1.82, 2.24) is 4.98 Å². The summed E-state index contributed by atoms with van der Waals surface area (Å²) in [4.78, 5) is 6.97. The first-order chi connectivity index (χ1) is 7.18. The summed E-state index contributed by atoms with van der Waals surface area (Å²) in [6, 6.07) is 5.05. The number of rotatable bonds is 2. The molecule has 1 saturated heterocycles. The number of hydrogen-bond donors (Lipinski definition) is 0. The van der Waals surface area contributed by atoms with Crippen molar-refractivity contribution in [1.29, 1.82) is 0 Å². The Kier molecular flexibility index (Phi) is 2.94. The van der Waals surface area contributed by atoms with Crippen LogP contribution in [0.3, 0.4) is 0 Å². The van der Waals surface area contributed by atoms with Gasteiger partial charge in [0, 0.05) is 18.3 Å². The third-order valence-electron chi connectivity index (χ3n) is 3.25. The first-order valence-electron chi connectivity index (χ1n) is 5.91. The zero-order chi connectivity index (χ0) is 10.8. The monoisotopic (exact) mass is 204 g/mol. The molecule has 1 atom stereocenters. The van der Waals surface area contributed by atoms with Crippen LogP contribution < -0.4 is 4.90 Å². The molecule has 15 heavy (non-hydrogen) atoms. The molecule has 0 N–H and O–H groups in total. The highest BCUT2D eigenvalue weighted by atomic mass is 15.2. The van der Waals surface area contributed by atoms with Gasteiger partial charge in [0.25, 0.3) is 0 Å². The van der Waals surface area contributed by atoms with Crippen molar-refractivity contribution in [3.63, 3.8) is 0 Å². The molecule has 0 radical (unpaired) electrons. The lowest BCUT2D eigenvalue weighted by molar-refractivity contribution is 0.732.